The number of amides is 2. The number of carboxylic acid groups (broad SMARTS) is 1. The van der Waals surface area contributed by atoms with Crippen LogP contribution < -0.4 is 10.6 Å². The zero-order chi connectivity index (χ0) is 13.6. The lowest BCUT2D eigenvalue weighted by Crippen LogP contribution is -2.46. The standard InChI is InChI=1S/C11H20N2O4/c1-7(2)5-12-8(14)6-13-9(15)11(3,4)10(16)17/h7H,5-6H2,1-4H3,(H,12,14)(H,13,15)(H,16,17). The highest BCUT2D eigenvalue weighted by molar-refractivity contribution is 6.02. The Kier molecular flexibility index (Phi) is 5.64. The van der Waals surface area contributed by atoms with Gasteiger partial charge in [0.25, 0.3) is 0 Å². The maximum Gasteiger partial charge on any atom is 0.318 e. The van der Waals surface area contributed by atoms with Crippen molar-refractivity contribution < 1.29 is 19.5 Å². The molecule has 0 radical (unpaired) electrons. The van der Waals surface area contributed by atoms with Gasteiger partial charge in [0, 0.05) is 6.54 Å². The fraction of sp³-hybridized carbons (Fsp3) is 0.727. The van der Waals surface area contributed by atoms with Crippen molar-refractivity contribution in [1.29, 1.82) is 0 Å². The summed E-state index contributed by atoms with van der Waals surface area (Å²) in [4.78, 5) is 33.5. The van der Waals surface area contributed by atoms with E-state index < -0.39 is 17.3 Å². The van der Waals surface area contributed by atoms with Crippen LogP contribution >= 0.6 is 0 Å². The van der Waals surface area contributed by atoms with Crippen molar-refractivity contribution in [2.24, 2.45) is 11.3 Å². The number of hydrogen-bond donors (Lipinski definition) is 3. The second kappa shape index (κ2) is 6.22. The lowest BCUT2D eigenvalue weighted by molar-refractivity contribution is -0.153. The topological polar surface area (TPSA) is 95.5 Å². The minimum Gasteiger partial charge on any atom is -0.480 e. The van der Waals surface area contributed by atoms with Crippen molar-refractivity contribution in [1.82, 2.24) is 10.6 Å². The quantitative estimate of drug-likeness (QED) is 0.572. The summed E-state index contributed by atoms with van der Waals surface area (Å²) in [6.07, 6.45) is 0. The summed E-state index contributed by atoms with van der Waals surface area (Å²) in [6.45, 7) is 6.80. The minimum absolute atomic E-state index is 0.206. The molecule has 2 amide bonds. The van der Waals surface area contributed by atoms with Crippen LogP contribution in [-0.4, -0.2) is 36.0 Å². The number of rotatable bonds is 6. The highest BCUT2D eigenvalue weighted by atomic mass is 16.4. The molecule has 0 saturated carbocycles. The van der Waals surface area contributed by atoms with Gasteiger partial charge < -0.3 is 15.7 Å². The molecule has 0 fully saturated rings. The second-order valence-corrected chi connectivity index (χ2v) is 4.81. The van der Waals surface area contributed by atoms with Gasteiger partial charge in [-0.2, -0.15) is 0 Å². The van der Waals surface area contributed by atoms with Crippen molar-refractivity contribution in [3.05, 3.63) is 0 Å². The summed E-state index contributed by atoms with van der Waals surface area (Å²) < 4.78 is 0. The Hall–Kier alpha value is -1.59. The average molecular weight is 244 g/mol. The van der Waals surface area contributed by atoms with Gasteiger partial charge in [-0.05, 0) is 19.8 Å². The number of hydrogen-bond acceptors (Lipinski definition) is 3. The third kappa shape index (κ3) is 5.33. The third-order valence-corrected chi connectivity index (χ3v) is 2.22. The molecule has 0 unspecified atom stereocenters. The molecule has 0 saturated heterocycles. The molecular formula is C11H20N2O4. The van der Waals surface area contributed by atoms with Crippen molar-refractivity contribution in [3.63, 3.8) is 0 Å². The molecular weight excluding hydrogens is 224 g/mol. The molecule has 6 heteroatoms. The van der Waals surface area contributed by atoms with Crippen LogP contribution in [0.3, 0.4) is 0 Å². The molecule has 3 N–H and O–H groups in total. The molecule has 0 atom stereocenters. The van der Waals surface area contributed by atoms with Crippen LogP contribution in [0.1, 0.15) is 27.7 Å². The summed E-state index contributed by atoms with van der Waals surface area (Å²) in [5.74, 6) is -1.90. The monoisotopic (exact) mass is 244 g/mol. The highest BCUT2D eigenvalue weighted by Gasteiger charge is 2.35. The van der Waals surface area contributed by atoms with Crippen LogP contribution in [0.5, 0.6) is 0 Å². The smallest absolute Gasteiger partial charge is 0.318 e. The van der Waals surface area contributed by atoms with Crippen molar-refractivity contribution >= 4 is 17.8 Å². The van der Waals surface area contributed by atoms with E-state index in [1.807, 2.05) is 13.8 Å². The van der Waals surface area contributed by atoms with Crippen molar-refractivity contribution in [2.75, 3.05) is 13.1 Å². The molecule has 0 bridgehead atoms. The first-order valence-electron chi connectivity index (χ1n) is 5.46. The Labute approximate surface area is 101 Å². The van der Waals surface area contributed by atoms with E-state index in [-0.39, 0.29) is 12.5 Å². The van der Waals surface area contributed by atoms with Gasteiger partial charge in [-0.3, -0.25) is 14.4 Å². The van der Waals surface area contributed by atoms with Crippen LogP contribution in [0.25, 0.3) is 0 Å². The van der Waals surface area contributed by atoms with E-state index in [0.29, 0.717) is 12.5 Å². The fourth-order valence-electron chi connectivity index (χ4n) is 0.859. The van der Waals surface area contributed by atoms with E-state index in [0.717, 1.165) is 0 Å². The largest absolute Gasteiger partial charge is 0.480 e. The Morgan fingerprint density at radius 1 is 1.18 bits per heavy atom. The molecule has 0 aliphatic carbocycles. The first kappa shape index (κ1) is 15.4. The zero-order valence-corrected chi connectivity index (χ0v) is 10.7. The van der Waals surface area contributed by atoms with Gasteiger partial charge >= 0.3 is 5.97 Å². The molecule has 0 aliphatic rings. The molecule has 6 nitrogen and oxygen atoms in total. The lowest BCUT2D eigenvalue weighted by Gasteiger charge is -2.18. The van der Waals surface area contributed by atoms with Crippen molar-refractivity contribution in [3.8, 4) is 0 Å². The van der Waals surface area contributed by atoms with E-state index in [1.54, 1.807) is 0 Å². The molecule has 0 spiro atoms. The Morgan fingerprint density at radius 3 is 2.12 bits per heavy atom. The van der Waals surface area contributed by atoms with Crippen LogP contribution in [0.15, 0.2) is 0 Å². The van der Waals surface area contributed by atoms with Gasteiger partial charge in [-0.25, -0.2) is 0 Å². The summed E-state index contributed by atoms with van der Waals surface area (Å²) in [6, 6.07) is 0. The van der Waals surface area contributed by atoms with Crippen LogP contribution in [-0.2, 0) is 14.4 Å². The predicted molar refractivity (Wildman–Crippen MR) is 62.3 cm³/mol. The summed E-state index contributed by atoms with van der Waals surface area (Å²) in [5.41, 5.74) is -1.53. The lowest BCUT2D eigenvalue weighted by atomic mass is 9.93. The second-order valence-electron chi connectivity index (χ2n) is 4.81. The first-order chi connectivity index (χ1) is 7.67. The molecule has 17 heavy (non-hydrogen) atoms. The number of aliphatic carboxylic acids is 1. The number of carboxylic acids is 1. The SMILES string of the molecule is CC(C)CNC(=O)CNC(=O)C(C)(C)C(=O)O. The van der Waals surface area contributed by atoms with Gasteiger partial charge in [-0.15, -0.1) is 0 Å². The van der Waals surface area contributed by atoms with Crippen LogP contribution in [0.4, 0.5) is 0 Å². The third-order valence-electron chi connectivity index (χ3n) is 2.22. The van der Waals surface area contributed by atoms with Gasteiger partial charge in [0.15, 0.2) is 0 Å². The summed E-state index contributed by atoms with van der Waals surface area (Å²) in [7, 11) is 0. The number of nitrogens with one attached hydrogen (secondary N) is 2. The van der Waals surface area contributed by atoms with E-state index in [1.165, 1.54) is 13.8 Å². The average Bonchev–Trinajstić information content (AvgIpc) is 2.22. The van der Waals surface area contributed by atoms with Crippen LogP contribution in [0, 0.1) is 11.3 Å². The van der Waals surface area contributed by atoms with Gasteiger partial charge in [0.1, 0.15) is 5.41 Å². The van der Waals surface area contributed by atoms with E-state index in [2.05, 4.69) is 10.6 Å². The van der Waals surface area contributed by atoms with Gasteiger partial charge in [0.05, 0.1) is 6.54 Å². The van der Waals surface area contributed by atoms with Crippen molar-refractivity contribution in [2.45, 2.75) is 27.7 Å². The Balaban J connectivity index is 4.08. The Bertz CT molecular complexity index is 311. The number of carbonyl (C=O) groups is 3. The molecule has 0 heterocycles. The summed E-state index contributed by atoms with van der Waals surface area (Å²) in [5, 5.41) is 13.7. The molecule has 0 aromatic heterocycles. The Morgan fingerprint density at radius 2 is 1.71 bits per heavy atom. The van der Waals surface area contributed by atoms with Gasteiger partial charge in [-0.1, -0.05) is 13.8 Å². The van der Waals surface area contributed by atoms with Crippen LogP contribution in [0.2, 0.25) is 0 Å². The maximum atomic E-state index is 11.5. The number of carbonyl (C=O) groups excluding carboxylic acids is 2. The molecule has 0 rings (SSSR count). The van der Waals surface area contributed by atoms with Gasteiger partial charge in [0.2, 0.25) is 11.8 Å². The molecule has 98 valence electrons. The van der Waals surface area contributed by atoms with E-state index in [9.17, 15) is 14.4 Å². The molecule has 0 aromatic carbocycles. The normalized spacial score (nSPS) is 11.1. The minimum atomic E-state index is -1.53. The zero-order valence-electron chi connectivity index (χ0n) is 10.7. The first-order valence-corrected chi connectivity index (χ1v) is 5.46. The predicted octanol–water partition coefficient (Wildman–Crippen LogP) is -0.0144. The fourth-order valence-corrected chi connectivity index (χ4v) is 0.859. The van der Waals surface area contributed by atoms with E-state index in [4.69, 9.17) is 5.11 Å². The summed E-state index contributed by atoms with van der Waals surface area (Å²) >= 11 is 0. The molecule has 0 aliphatic heterocycles. The maximum absolute atomic E-state index is 11.5. The van der Waals surface area contributed by atoms with E-state index >= 15 is 0 Å². The highest BCUT2D eigenvalue weighted by Crippen LogP contribution is 2.14. The molecule has 0 aromatic rings.